The highest BCUT2D eigenvalue weighted by Gasteiger charge is 2.31. The van der Waals surface area contributed by atoms with Crippen LogP contribution in [0.2, 0.25) is 0 Å². The van der Waals surface area contributed by atoms with Crippen molar-refractivity contribution in [1.82, 2.24) is 16.0 Å². The molecule has 1 aromatic carbocycles. The van der Waals surface area contributed by atoms with Crippen LogP contribution >= 0.6 is 0 Å². The molecule has 0 fully saturated rings. The number of phenolic OH excluding ortho intramolecular Hbond substituents is 1. The van der Waals surface area contributed by atoms with E-state index in [1.54, 1.807) is 26.0 Å². The smallest absolute Gasteiger partial charge is 0.326 e. The number of aliphatic carboxylic acids is 1. The van der Waals surface area contributed by atoms with Gasteiger partial charge in [0.1, 0.15) is 29.9 Å². The number of nitrogens with one attached hydrogen (secondary N) is 3. The quantitative estimate of drug-likeness (QED) is 0.134. The Kier molecular flexibility index (Phi) is 12.7. The van der Waals surface area contributed by atoms with Crippen LogP contribution in [-0.4, -0.2) is 76.3 Å². The topological polar surface area (TPSA) is 217 Å². The first-order valence-corrected chi connectivity index (χ1v) is 11.5. The molecule has 4 unspecified atom stereocenters. The molecule has 0 heterocycles. The lowest BCUT2D eigenvalue weighted by Gasteiger charge is -2.26. The Hall–Kier alpha value is -3.22. The van der Waals surface area contributed by atoms with E-state index in [2.05, 4.69) is 16.0 Å². The molecule has 0 aliphatic heterocycles. The molecule has 0 aliphatic carbocycles. The summed E-state index contributed by atoms with van der Waals surface area (Å²) >= 11 is 0. The Bertz CT molecular complexity index is 847. The van der Waals surface area contributed by atoms with Crippen LogP contribution in [0.25, 0.3) is 0 Å². The van der Waals surface area contributed by atoms with Gasteiger partial charge in [0.2, 0.25) is 17.7 Å². The van der Waals surface area contributed by atoms with Crippen LogP contribution in [0, 0.1) is 5.92 Å². The lowest BCUT2D eigenvalue weighted by Crippen LogP contribution is -2.58. The predicted octanol–water partition coefficient (Wildman–Crippen LogP) is -1.42. The Labute approximate surface area is 204 Å². The van der Waals surface area contributed by atoms with Crippen LogP contribution in [0.5, 0.6) is 5.75 Å². The summed E-state index contributed by atoms with van der Waals surface area (Å²) in [7, 11) is 0. The maximum absolute atomic E-state index is 13.2. The number of hydrogen-bond donors (Lipinski definition) is 8. The summed E-state index contributed by atoms with van der Waals surface area (Å²) in [6.45, 7) is 3.04. The maximum atomic E-state index is 13.2. The lowest BCUT2D eigenvalue weighted by molar-refractivity contribution is -0.143. The minimum Gasteiger partial charge on any atom is -0.508 e. The standard InChI is InChI=1S/C23H37N5O7/c1-13(2)19(23(34)35)28-21(32)17(5-3-4-10-24)26-22(33)18(27-20(31)16(25)12-29)11-14-6-8-15(30)9-7-14/h6-9,13,16-19,29-30H,3-5,10-12,24-25H2,1-2H3,(H,26,33)(H,27,31)(H,28,32)(H,34,35). The zero-order chi connectivity index (χ0) is 26.5. The summed E-state index contributed by atoms with van der Waals surface area (Å²) in [5.41, 5.74) is 11.7. The third-order valence-electron chi connectivity index (χ3n) is 5.35. The molecular formula is C23H37N5O7. The van der Waals surface area contributed by atoms with Crippen molar-refractivity contribution in [3.8, 4) is 5.75 Å². The van der Waals surface area contributed by atoms with Crippen LogP contribution in [0.4, 0.5) is 0 Å². The summed E-state index contributed by atoms with van der Waals surface area (Å²) in [4.78, 5) is 49.9. The van der Waals surface area contributed by atoms with E-state index >= 15 is 0 Å². The van der Waals surface area contributed by atoms with Crippen molar-refractivity contribution < 1.29 is 34.5 Å². The van der Waals surface area contributed by atoms with Gasteiger partial charge in [-0.3, -0.25) is 14.4 Å². The van der Waals surface area contributed by atoms with Gasteiger partial charge < -0.3 is 42.7 Å². The van der Waals surface area contributed by atoms with Gasteiger partial charge in [-0.1, -0.05) is 26.0 Å². The van der Waals surface area contributed by atoms with Crippen LogP contribution in [-0.2, 0) is 25.6 Å². The number of amides is 3. The molecule has 196 valence electrons. The minimum atomic E-state index is -1.25. The van der Waals surface area contributed by atoms with Gasteiger partial charge in [0.15, 0.2) is 0 Å². The Morgan fingerprint density at radius 3 is 2.00 bits per heavy atom. The molecule has 0 saturated heterocycles. The summed E-state index contributed by atoms with van der Waals surface area (Å²) in [6, 6.07) is 1.36. The van der Waals surface area contributed by atoms with E-state index in [1.807, 2.05) is 0 Å². The molecule has 4 atom stereocenters. The number of benzene rings is 1. The molecule has 0 bridgehead atoms. The molecule has 1 aromatic rings. The second-order valence-corrected chi connectivity index (χ2v) is 8.63. The van der Waals surface area contributed by atoms with Gasteiger partial charge in [0.25, 0.3) is 0 Å². The zero-order valence-corrected chi connectivity index (χ0v) is 20.1. The molecule has 12 nitrogen and oxygen atoms in total. The highest BCUT2D eigenvalue weighted by molar-refractivity contribution is 5.94. The van der Waals surface area contributed by atoms with Gasteiger partial charge in [-0.05, 0) is 49.4 Å². The first kappa shape index (κ1) is 29.8. The van der Waals surface area contributed by atoms with Crippen molar-refractivity contribution in [2.24, 2.45) is 17.4 Å². The van der Waals surface area contributed by atoms with E-state index < -0.39 is 60.4 Å². The van der Waals surface area contributed by atoms with Gasteiger partial charge in [0.05, 0.1) is 6.61 Å². The van der Waals surface area contributed by atoms with Crippen molar-refractivity contribution >= 4 is 23.7 Å². The Morgan fingerprint density at radius 2 is 1.49 bits per heavy atom. The first-order valence-electron chi connectivity index (χ1n) is 11.5. The van der Waals surface area contributed by atoms with E-state index in [1.165, 1.54) is 12.1 Å². The summed E-state index contributed by atoms with van der Waals surface area (Å²) in [5.74, 6) is -3.69. The summed E-state index contributed by atoms with van der Waals surface area (Å²) < 4.78 is 0. The molecule has 10 N–H and O–H groups in total. The fourth-order valence-corrected chi connectivity index (χ4v) is 3.24. The van der Waals surface area contributed by atoms with Gasteiger partial charge in [0, 0.05) is 6.42 Å². The monoisotopic (exact) mass is 495 g/mol. The number of carbonyl (C=O) groups excluding carboxylic acids is 3. The largest absolute Gasteiger partial charge is 0.508 e. The number of nitrogens with two attached hydrogens (primary N) is 2. The minimum absolute atomic E-state index is 0.0108. The van der Waals surface area contributed by atoms with Crippen LogP contribution < -0.4 is 27.4 Å². The number of unbranched alkanes of at least 4 members (excludes halogenated alkanes) is 1. The second-order valence-electron chi connectivity index (χ2n) is 8.63. The van der Waals surface area contributed by atoms with E-state index in [9.17, 15) is 29.4 Å². The zero-order valence-electron chi connectivity index (χ0n) is 20.1. The number of aliphatic hydroxyl groups excluding tert-OH is 1. The lowest BCUT2D eigenvalue weighted by atomic mass is 10.0. The molecule has 35 heavy (non-hydrogen) atoms. The number of aromatic hydroxyl groups is 1. The van der Waals surface area contributed by atoms with Gasteiger partial charge in [-0.2, -0.15) is 0 Å². The third kappa shape index (κ3) is 10.3. The van der Waals surface area contributed by atoms with Crippen LogP contribution in [0.1, 0.15) is 38.7 Å². The highest BCUT2D eigenvalue weighted by atomic mass is 16.4. The van der Waals surface area contributed by atoms with E-state index in [0.29, 0.717) is 24.9 Å². The number of rotatable bonds is 15. The number of carboxylic acids is 1. The molecule has 12 heteroatoms. The Morgan fingerprint density at radius 1 is 0.914 bits per heavy atom. The van der Waals surface area contributed by atoms with Crippen molar-refractivity contribution in [3.63, 3.8) is 0 Å². The number of hydrogen-bond acceptors (Lipinski definition) is 8. The van der Waals surface area contributed by atoms with Crippen molar-refractivity contribution in [1.29, 1.82) is 0 Å². The van der Waals surface area contributed by atoms with Crippen LogP contribution in [0.3, 0.4) is 0 Å². The Balaban J connectivity index is 3.10. The average Bonchev–Trinajstić information content (AvgIpc) is 2.81. The second kappa shape index (κ2) is 14.9. The number of carbonyl (C=O) groups is 4. The number of aliphatic hydroxyl groups is 1. The number of phenols is 1. The summed E-state index contributed by atoms with van der Waals surface area (Å²) in [6.07, 6.45) is 1.30. The predicted molar refractivity (Wildman–Crippen MR) is 128 cm³/mol. The van der Waals surface area contributed by atoms with Gasteiger partial charge >= 0.3 is 5.97 Å². The third-order valence-corrected chi connectivity index (χ3v) is 5.35. The molecule has 1 rings (SSSR count). The van der Waals surface area contributed by atoms with Gasteiger partial charge in [-0.25, -0.2) is 4.79 Å². The highest BCUT2D eigenvalue weighted by Crippen LogP contribution is 2.12. The van der Waals surface area contributed by atoms with Crippen LogP contribution in [0.15, 0.2) is 24.3 Å². The van der Waals surface area contributed by atoms with Gasteiger partial charge in [-0.15, -0.1) is 0 Å². The van der Waals surface area contributed by atoms with Crippen molar-refractivity contribution in [2.45, 2.75) is 63.7 Å². The number of carboxylic acid groups (broad SMARTS) is 1. The van der Waals surface area contributed by atoms with E-state index in [-0.39, 0.29) is 18.6 Å². The molecule has 0 aromatic heterocycles. The van der Waals surface area contributed by atoms with Crippen molar-refractivity contribution in [2.75, 3.05) is 13.2 Å². The molecule has 0 saturated carbocycles. The molecule has 0 spiro atoms. The molecule has 3 amide bonds. The van der Waals surface area contributed by atoms with Crippen molar-refractivity contribution in [3.05, 3.63) is 29.8 Å². The average molecular weight is 496 g/mol. The molecule has 0 aliphatic rings. The van der Waals surface area contributed by atoms with E-state index in [0.717, 1.165) is 0 Å². The fraction of sp³-hybridized carbons (Fsp3) is 0.565. The van der Waals surface area contributed by atoms with E-state index in [4.69, 9.17) is 16.6 Å². The SMILES string of the molecule is CC(C)C(NC(=O)C(CCCCN)NC(=O)C(Cc1ccc(O)cc1)NC(=O)C(N)CO)C(=O)O. The molecule has 0 radical (unpaired) electrons. The molecular weight excluding hydrogens is 458 g/mol. The fourth-order valence-electron chi connectivity index (χ4n) is 3.24. The normalized spacial score (nSPS) is 14.5. The maximum Gasteiger partial charge on any atom is 0.326 e. The summed E-state index contributed by atoms with van der Waals surface area (Å²) in [5, 5.41) is 35.6. The first-order chi connectivity index (χ1) is 16.5.